The van der Waals surface area contributed by atoms with Crippen LogP contribution in [0.2, 0.25) is 0 Å². The highest BCUT2D eigenvalue weighted by Crippen LogP contribution is 2.29. The number of likely N-dealkylation sites (tertiary alicyclic amines) is 1. The minimum atomic E-state index is -0.578. The molecule has 1 atom stereocenters. The van der Waals surface area contributed by atoms with Crippen LogP contribution >= 0.6 is 0 Å². The van der Waals surface area contributed by atoms with Gasteiger partial charge in [-0.1, -0.05) is 31.0 Å². The van der Waals surface area contributed by atoms with E-state index in [2.05, 4.69) is 22.4 Å². The molecule has 2 saturated heterocycles. The van der Waals surface area contributed by atoms with Crippen molar-refractivity contribution in [2.24, 2.45) is 0 Å². The van der Waals surface area contributed by atoms with E-state index in [0.717, 1.165) is 74.9 Å². The lowest BCUT2D eigenvalue weighted by Gasteiger charge is -2.31. The van der Waals surface area contributed by atoms with Crippen LogP contribution in [-0.4, -0.2) is 57.5 Å². The molecule has 0 aliphatic carbocycles. The molecular formula is C30H36N4O4. The summed E-state index contributed by atoms with van der Waals surface area (Å²) >= 11 is 0. The summed E-state index contributed by atoms with van der Waals surface area (Å²) in [6.07, 6.45) is 9.91. The third kappa shape index (κ3) is 5.95. The Morgan fingerprint density at radius 3 is 2.55 bits per heavy atom. The zero-order chi connectivity index (χ0) is 26.5. The van der Waals surface area contributed by atoms with Crippen molar-refractivity contribution in [3.8, 4) is 0 Å². The molecule has 38 heavy (non-hydrogen) atoms. The fraction of sp³-hybridized carbons (Fsp3) is 0.500. The van der Waals surface area contributed by atoms with Crippen LogP contribution in [0, 0.1) is 0 Å². The fourth-order valence-corrected chi connectivity index (χ4v) is 5.92. The number of piperidine rings is 2. The molecule has 1 unspecified atom stereocenters. The highest BCUT2D eigenvalue weighted by Gasteiger charge is 2.39. The second kappa shape index (κ2) is 11.9. The van der Waals surface area contributed by atoms with Gasteiger partial charge in [-0.05, 0) is 67.9 Å². The van der Waals surface area contributed by atoms with Crippen LogP contribution in [-0.2, 0) is 27.3 Å². The number of rotatable bonds is 9. The quantitative estimate of drug-likeness (QED) is 0.404. The van der Waals surface area contributed by atoms with Gasteiger partial charge in [-0.3, -0.25) is 29.5 Å². The van der Waals surface area contributed by atoms with Crippen LogP contribution in [0.4, 0.5) is 0 Å². The molecule has 0 spiro atoms. The molecule has 3 aliphatic heterocycles. The van der Waals surface area contributed by atoms with Crippen molar-refractivity contribution < 1.29 is 19.2 Å². The summed E-state index contributed by atoms with van der Waals surface area (Å²) in [6, 6.07) is 11.5. The summed E-state index contributed by atoms with van der Waals surface area (Å²) in [5, 5.41) is 2.35. The molecule has 5 rings (SSSR count). The van der Waals surface area contributed by atoms with Crippen LogP contribution in [0.1, 0.15) is 90.9 Å². The van der Waals surface area contributed by atoms with E-state index in [-0.39, 0.29) is 30.0 Å². The molecule has 1 N–H and O–H groups in total. The zero-order valence-corrected chi connectivity index (χ0v) is 21.9. The van der Waals surface area contributed by atoms with Gasteiger partial charge < -0.3 is 9.80 Å². The minimum Gasteiger partial charge on any atom is -0.343 e. The van der Waals surface area contributed by atoms with Gasteiger partial charge in [0.15, 0.2) is 0 Å². The van der Waals surface area contributed by atoms with E-state index in [4.69, 9.17) is 0 Å². The molecule has 1 aromatic heterocycles. The first-order valence-corrected chi connectivity index (χ1v) is 13.9. The Bertz CT molecular complexity index is 1190. The van der Waals surface area contributed by atoms with E-state index in [1.807, 2.05) is 35.4 Å². The molecule has 1 aromatic carbocycles. The first kappa shape index (κ1) is 26.1. The first-order valence-electron chi connectivity index (χ1n) is 13.9. The predicted molar refractivity (Wildman–Crippen MR) is 142 cm³/mol. The molecular weight excluding hydrogens is 480 g/mol. The second-order valence-electron chi connectivity index (χ2n) is 10.7. The van der Waals surface area contributed by atoms with E-state index in [1.165, 1.54) is 0 Å². The molecule has 8 heteroatoms. The lowest BCUT2D eigenvalue weighted by Crippen LogP contribution is -2.52. The SMILES string of the molecule is O=C1CCC(N2Cc3ccc(CCCCCCC(=O)N4CCC(c5ccccn5)CC4)cc3C2=O)C(=O)N1. The van der Waals surface area contributed by atoms with E-state index in [0.29, 0.717) is 30.9 Å². The molecule has 2 fully saturated rings. The van der Waals surface area contributed by atoms with Gasteiger partial charge in [-0.25, -0.2) is 0 Å². The van der Waals surface area contributed by atoms with Gasteiger partial charge in [0.2, 0.25) is 17.7 Å². The number of imide groups is 1. The normalized spacial score (nSPS) is 20.0. The highest BCUT2D eigenvalue weighted by molar-refractivity contribution is 6.05. The fourth-order valence-electron chi connectivity index (χ4n) is 5.92. The van der Waals surface area contributed by atoms with Crippen LogP contribution < -0.4 is 5.32 Å². The molecule has 0 saturated carbocycles. The summed E-state index contributed by atoms with van der Waals surface area (Å²) in [5.41, 5.74) is 3.86. The molecule has 0 radical (unpaired) electrons. The molecule has 200 valence electrons. The average Bonchev–Trinajstić information content (AvgIpc) is 3.26. The Morgan fingerprint density at radius 2 is 1.79 bits per heavy atom. The number of nitrogens with zero attached hydrogens (tertiary/aromatic N) is 3. The van der Waals surface area contributed by atoms with E-state index >= 15 is 0 Å². The first-order chi connectivity index (χ1) is 18.5. The van der Waals surface area contributed by atoms with Gasteiger partial charge in [-0.2, -0.15) is 0 Å². The van der Waals surface area contributed by atoms with Crippen molar-refractivity contribution in [1.29, 1.82) is 0 Å². The summed E-state index contributed by atoms with van der Waals surface area (Å²) in [5.74, 6) is -0.0604. The average molecular weight is 517 g/mol. The maximum Gasteiger partial charge on any atom is 0.255 e. The molecule has 4 amide bonds. The van der Waals surface area contributed by atoms with Crippen LogP contribution in [0.25, 0.3) is 0 Å². The molecule has 3 aliphatic rings. The van der Waals surface area contributed by atoms with Gasteiger partial charge in [0.05, 0.1) is 0 Å². The number of carbonyl (C=O) groups is 4. The van der Waals surface area contributed by atoms with Crippen LogP contribution in [0.3, 0.4) is 0 Å². The lowest BCUT2D eigenvalue weighted by atomic mass is 9.93. The highest BCUT2D eigenvalue weighted by atomic mass is 16.2. The number of hydrogen-bond donors (Lipinski definition) is 1. The van der Waals surface area contributed by atoms with Gasteiger partial charge in [0.25, 0.3) is 5.91 Å². The number of carbonyl (C=O) groups excluding carboxylic acids is 4. The molecule has 2 aromatic rings. The predicted octanol–water partition coefficient (Wildman–Crippen LogP) is 3.74. The maximum absolute atomic E-state index is 13.0. The summed E-state index contributed by atoms with van der Waals surface area (Å²) < 4.78 is 0. The molecule has 8 nitrogen and oxygen atoms in total. The minimum absolute atomic E-state index is 0.126. The van der Waals surface area contributed by atoms with Crippen LogP contribution in [0.15, 0.2) is 42.6 Å². The van der Waals surface area contributed by atoms with Gasteiger partial charge in [0, 0.05) is 55.8 Å². The van der Waals surface area contributed by atoms with E-state index in [9.17, 15) is 19.2 Å². The van der Waals surface area contributed by atoms with E-state index < -0.39 is 6.04 Å². The summed E-state index contributed by atoms with van der Waals surface area (Å²) in [7, 11) is 0. The largest absolute Gasteiger partial charge is 0.343 e. The topological polar surface area (TPSA) is 99.7 Å². The number of pyridine rings is 1. The Kier molecular flexibility index (Phi) is 8.15. The summed E-state index contributed by atoms with van der Waals surface area (Å²) in [6.45, 7) is 2.05. The second-order valence-corrected chi connectivity index (χ2v) is 10.7. The zero-order valence-electron chi connectivity index (χ0n) is 21.9. The van der Waals surface area contributed by atoms with Gasteiger partial charge in [-0.15, -0.1) is 0 Å². The maximum atomic E-state index is 13.0. The standard InChI is InChI=1S/C30H36N4O4/c35-27-13-12-26(29(37)32-27)34-20-23-11-10-21(19-24(23)30(34)38)7-3-1-2-4-9-28(36)33-17-14-22(15-18-33)25-8-5-6-16-31-25/h5-6,8,10-11,16,19,22,26H,1-4,7,9,12-15,17-18,20H2,(H,32,35,37). The smallest absolute Gasteiger partial charge is 0.255 e. The lowest BCUT2D eigenvalue weighted by molar-refractivity contribution is -0.137. The van der Waals surface area contributed by atoms with Gasteiger partial charge >= 0.3 is 0 Å². The van der Waals surface area contributed by atoms with Crippen molar-refractivity contribution in [2.75, 3.05) is 13.1 Å². The Labute approximate surface area is 223 Å². The molecule has 4 heterocycles. The third-order valence-corrected chi connectivity index (χ3v) is 8.15. The Balaban J connectivity index is 1.00. The van der Waals surface area contributed by atoms with Crippen molar-refractivity contribution in [1.82, 2.24) is 20.1 Å². The number of aryl methyl sites for hydroxylation is 1. The summed E-state index contributed by atoms with van der Waals surface area (Å²) in [4.78, 5) is 57.4. The van der Waals surface area contributed by atoms with Crippen molar-refractivity contribution in [3.05, 3.63) is 65.0 Å². The number of aromatic nitrogens is 1. The number of fused-ring (bicyclic) bond motifs is 1. The van der Waals surface area contributed by atoms with Gasteiger partial charge in [0.1, 0.15) is 6.04 Å². The number of hydrogen-bond acceptors (Lipinski definition) is 5. The van der Waals surface area contributed by atoms with Crippen molar-refractivity contribution in [3.63, 3.8) is 0 Å². The number of benzene rings is 1. The Hall–Kier alpha value is -3.55. The Morgan fingerprint density at radius 1 is 0.974 bits per heavy atom. The van der Waals surface area contributed by atoms with Crippen LogP contribution in [0.5, 0.6) is 0 Å². The third-order valence-electron chi connectivity index (χ3n) is 8.15. The van der Waals surface area contributed by atoms with Crippen molar-refractivity contribution >= 4 is 23.6 Å². The van der Waals surface area contributed by atoms with E-state index in [1.54, 1.807) is 4.90 Å². The monoisotopic (exact) mass is 516 g/mol. The van der Waals surface area contributed by atoms with Crippen molar-refractivity contribution in [2.45, 2.75) is 82.7 Å². The number of unbranched alkanes of at least 4 members (excludes halogenated alkanes) is 3. The number of nitrogens with one attached hydrogen (secondary N) is 1. The molecule has 0 bridgehead atoms. The number of amides is 4.